The topological polar surface area (TPSA) is 48.9 Å². The quantitative estimate of drug-likeness (QED) is 0.568. The number of nitrogens with one attached hydrogen (secondary N) is 2. The summed E-state index contributed by atoms with van der Waals surface area (Å²) in [5.74, 6) is 1.41. The molecule has 3 rings (SSSR count). The molecule has 1 atom stereocenters. The molecule has 2 N–H and O–H groups in total. The van der Waals surface area contributed by atoms with E-state index < -0.39 is 0 Å². The van der Waals surface area contributed by atoms with Crippen LogP contribution < -0.4 is 15.4 Å². The van der Waals surface area contributed by atoms with Gasteiger partial charge in [-0.3, -0.25) is 9.89 Å². The lowest BCUT2D eigenvalue weighted by atomic mass is 10.0. The average Bonchev–Trinajstić information content (AvgIpc) is 3.26. The van der Waals surface area contributed by atoms with Crippen LogP contribution >= 0.6 is 0 Å². The minimum Gasteiger partial charge on any atom is -0.496 e. The van der Waals surface area contributed by atoms with Crippen LogP contribution in [0.5, 0.6) is 5.75 Å². The van der Waals surface area contributed by atoms with Crippen LogP contribution in [-0.4, -0.2) is 44.7 Å². The number of benzene rings is 2. The molecule has 1 heterocycles. The maximum absolute atomic E-state index is 13.1. The number of nitrogens with zero attached hydrogens (tertiary/aromatic N) is 2. The van der Waals surface area contributed by atoms with Crippen LogP contribution in [0.25, 0.3) is 0 Å². The zero-order chi connectivity index (χ0) is 19.8. The molecule has 2 aromatic carbocycles. The molecule has 150 valence electrons. The van der Waals surface area contributed by atoms with Crippen LogP contribution in [0.3, 0.4) is 0 Å². The van der Waals surface area contributed by atoms with Crippen molar-refractivity contribution in [1.29, 1.82) is 0 Å². The highest BCUT2D eigenvalue weighted by atomic mass is 19.1. The predicted octanol–water partition coefficient (Wildman–Crippen LogP) is 3.34. The Morgan fingerprint density at radius 3 is 2.50 bits per heavy atom. The second-order valence-corrected chi connectivity index (χ2v) is 6.93. The van der Waals surface area contributed by atoms with Crippen LogP contribution in [0.1, 0.15) is 30.0 Å². The van der Waals surface area contributed by atoms with E-state index in [0.717, 1.165) is 36.9 Å². The highest BCUT2D eigenvalue weighted by Gasteiger charge is 2.25. The van der Waals surface area contributed by atoms with Gasteiger partial charge in [0.15, 0.2) is 5.96 Å². The van der Waals surface area contributed by atoms with Gasteiger partial charge in [-0.15, -0.1) is 0 Å². The minimum absolute atomic E-state index is 0.211. The fourth-order valence-electron chi connectivity index (χ4n) is 3.63. The number of hydrogen-bond acceptors (Lipinski definition) is 3. The first-order chi connectivity index (χ1) is 13.7. The number of guanidine groups is 1. The third-order valence-electron chi connectivity index (χ3n) is 5.14. The molecule has 6 heteroatoms. The normalized spacial score (nSPS) is 16.0. The lowest BCUT2D eigenvalue weighted by Crippen LogP contribution is -2.42. The first-order valence-electron chi connectivity index (χ1n) is 9.77. The largest absolute Gasteiger partial charge is 0.496 e. The van der Waals surface area contributed by atoms with Crippen LogP contribution in [0.4, 0.5) is 4.39 Å². The Morgan fingerprint density at radius 1 is 1.11 bits per heavy atom. The van der Waals surface area contributed by atoms with Crippen molar-refractivity contribution in [2.45, 2.75) is 25.4 Å². The number of methoxy groups -OCH3 is 1. The van der Waals surface area contributed by atoms with Gasteiger partial charge in [0.25, 0.3) is 0 Å². The van der Waals surface area contributed by atoms with Crippen molar-refractivity contribution in [3.05, 3.63) is 65.5 Å². The molecule has 0 amide bonds. The first-order valence-corrected chi connectivity index (χ1v) is 9.77. The zero-order valence-electron chi connectivity index (χ0n) is 16.6. The third-order valence-corrected chi connectivity index (χ3v) is 5.14. The van der Waals surface area contributed by atoms with Gasteiger partial charge in [-0.2, -0.15) is 0 Å². The first kappa shape index (κ1) is 20.1. The van der Waals surface area contributed by atoms with Crippen LogP contribution in [0.15, 0.2) is 53.5 Å². The van der Waals surface area contributed by atoms with Crippen molar-refractivity contribution in [2.24, 2.45) is 4.99 Å². The third kappa shape index (κ3) is 5.23. The number of rotatable bonds is 7. The van der Waals surface area contributed by atoms with Gasteiger partial charge in [-0.05, 0) is 49.7 Å². The van der Waals surface area contributed by atoms with Crippen molar-refractivity contribution < 1.29 is 9.13 Å². The highest BCUT2D eigenvalue weighted by molar-refractivity contribution is 5.79. The van der Waals surface area contributed by atoms with Crippen molar-refractivity contribution in [3.63, 3.8) is 0 Å². The summed E-state index contributed by atoms with van der Waals surface area (Å²) >= 11 is 0. The molecule has 0 aliphatic carbocycles. The molecule has 0 radical (unpaired) electrons. The van der Waals surface area contributed by atoms with E-state index >= 15 is 0 Å². The second kappa shape index (κ2) is 10.1. The molecule has 1 aliphatic rings. The number of para-hydroxylation sites is 1. The summed E-state index contributed by atoms with van der Waals surface area (Å²) in [7, 11) is 3.48. The van der Waals surface area contributed by atoms with Gasteiger partial charge in [0, 0.05) is 25.7 Å². The summed E-state index contributed by atoms with van der Waals surface area (Å²) in [4.78, 5) is 6.82. The van der Waals surface area contributed by atoms with Crippen LogP contribution in [-0.2, 0) is 6.54 Å². The van der Waals surface area contributed by atoms with Gasteiger partial charge in [-0.1, -0.05) is 30.3 Å². The minimum atomic E-state index is -0.225. The standard InChI is InChI=1S/C22H29FN4O/c1-24-22(25-15-17-9-11-18(23)12-10-17)26-16-20(27-13-5-6-14-27)19-7-3-4-8-21(19)28-2/h3-4,7-12,20H,5-6,13-16H2,1-2H3,(H2,24,25,26). The van der Waals surface area contributed by atoms with E-state index in [9.17, 15) is 4.39 Å². The molecule has 0 saturated carbocycles. The average molecular weight is 384 g/mol. The maximum Gasteiger partial charge on any atom is 0.191 e. The molecule has 0 bridgehead atoms. The van der Waals surface area contributed by atoms with Gasteiger partial charge in [-0.25, -0.2) is 4.39 Å². The Kier molecular flexibility index (Phi) is 7.25. The molecule has 2 aromatic rings. The van der Waals surface area contributed by atoms with E-state index in [4.69, 9.17) is 4.74 Å². The summed E-state index contributed by atoms with van der Waals surface area (Å²) in [6, 6.07) is 14.9. The van der Waals surface area contributed by atoms with Crippen LogP contribution in [0, 0.1) is 5.82 Å². The Balaban J connectivity index is 1.65. The van der Waals surface area contributed by atoms with Crippen molar-refractivity contribution >= 4 is 5.96 Å². The van der Waals surface area contributed by atoms with Crippen molar-refractivity contribution in [1.82, 2.24) is 15.5 Å². The van der Waals surface area contributed by atoms with Crippen LogP contribution in [0.2, 0.25) is 0 Å². The van der Waals surface area contributed by atoms with E-state index in [1.54, 1.807) is 26.3 Å². The molecule has 0 aromatic heterocycles. The number of hydrogen-bond donors (Lipinski definition) is 2. The fourth-order valence-corrected chi connectivity index (χ4v) is 3.63. The maximum atomic E-state index is 13.1. The number of aliphatic imine (C=N–C) groups is 1. The number of halogens is 1. The number of likely N-dealkylation sites (tertiary alicyclic amines) is 1. The van der Waals surface area contributed by atoms with Gasteiger partial charge in [0.2, 0.25) is 0 Å². The second-order valence-electron chi connectivity index (χ2n) is 6.93. The predicted molar refractivity (Wildman–Crippen MR) is 111 cm³/mol. The zero-order valence-corrected chi connectivity index (χ0v) is 16.6. The Bertz CT molecular complexity index is 772. The van der Waals surface area contributed by atoms with Gasteiger partial charge < -0.3 is 15.4 Å². The lowest BCUT2D eigenvalue weighted by Gasteiger charge is -2.30. The summed E-state index contributed by atoms with van der Waals surface area (Å²) in [6.45, 7) is 3.49. The molecule has 1 saturated heterocycles. The summed E-state index contributed by atoms with van der Waals surface area (Å²) in [6.07, 6.45) is 2.45. The van der Waals surface area contributed by atoms with E-state index in [2.05, 4.69) is 32.7 Å². The van der Waals surface area contributed by atoms with E-state index in [0.29, 0.717) is 6.54 Å². The summed E-state index contributed by atoms with van der Waals surface area (Å²) < 4.78 is 18.7. The molecule has 28 heavy (non-hydrogen) atoms. The van der Waals surface area contributed by atoms with Gasteiger partial charge >= 0.3 is 0 Å². The molecule has 1 unspecified atom stereocenters. The molecule has 0 spiro atoms. The van der Waals surface area contributed by atoms with E-state index in [1.165, 1.54) is 30.5 Å². The fraction of sp³-hybridized carbons (Fsp3) is 0.409. The summed E-state index contributed by atoms with van der Waals surface area (Å²) in [5, 5.41) is 6.74. The Morgan fingerprint density at radius 2 is 1.82 bits per heavy atom. The Labute approximate surface area is 166 Å². The van der Waals surface area contributed by atoms with Gasteiger partial charge in [0.1, 0.15) is 11.6 Å². The van der Waals surface area contributed by atoms with E-state index in [-0.39, 0.29) is 11.9 Å². The molecule has 1 aliphatic heterocycles. The number of ether oxygens (including phenoxy) is 1. The molecule has 5 nitrogen and oxygen atoms in total. The highest BCUT2D eigenvalue weighted by Crippen LogP contribution is 2.31. The van der Waals surface area contributed by atoms with Crippen molar-refractivity contribution in [2.75, 3.05) is 33.8 Å². The molecular formula is C22H29FN4O. The molecule has 1 fully saturated rings. The Hall–Kier alpha value is -2.60. The smallest absolute Gasteiger partial charge is 0.191 e. The monoisotopic (exact) mass is 384 g/mol. The van der Waals surface area contributed by atoms with Gasteiger partial charge in [0.05, 0.1) is 13.2 Å². The van der Waals surface area contributed by atoms with Crippen molar-refractivity contribution in [3.8, 4) is 5.75 Å². The lowest BCUT2D eigenvalue weighted by molar-refractivity contribution is 0.239. The van der Waals surface area contributed by atoms with E-state index in [1.807, 2.05) is 12.1 Å². The SMILES string of the molecule is CN=C(NCc1ccc(F)cc1)NCC(c1ccccc1OC)N1CCCC1. The summed E-state index contributed by atoms with van der Waals surface area (Å²) in [5.41, 5.74) is 2.19. The molecular weight excluding hydrogens is 355 g/mol.